The summed E-state index contributed by atoms with van der Waals surface area (Å²) in [4.78, 5) is 11.6. The highest BCUT2D eigenvalue weighted by atomic mass is 79.9. The van der Waals surface area contributed by atoms with Crippen LogP contribution in [0, 0.1) is 6.92 Å². The number of hydrogen-bond donors (Lipinski definition) is 0. The highest BCUT2D eigenvalue weighted by Gasteiger charge is 2.30. The second kappa shape index (κ2) is 4.35. The summed E-state index contributed by atoms with van der Waals surface area (Å²) in [5.74, 6) is -0.224. The van der Waals surface area contributed by atoms with E-state index in [0.29, 0.717) is 0 Å². The molecule has 0 spiro atoms. The number of carbonyl (C=O) groups is 1. The van der Waals surface area contributed by atoms with E-state index < -0.39 is 5.41 Å². The summed E-state index contributed by atoms with van der Waals surface area (Å²) in [7, 11) is 1.41. The Morgan fingerprint density at radius 2 is 2.00 bits per heavy atom. The fourth-order valence-electron chi connectivity index (χ4n) is 1.35. The fraction of sp³-hybridized carbons (Fsp3) is 0.417. The van der Waals surface area contributed by atoms with Crippen LogP contribution in [0.4, 0.5) is 0 Å². The van der Waals surface area contributed by atoms with E-state index in [0.717, 1.165) is 15.6 Å². The van der Waals surface area contributed by atoms with Crippen LogP contribution in [0.1, 0.15) is 25.0 Å². The second-order valence-corrected chi connectivity index (χ2v) is 4.93. The van der Waals surface area contributed by atoms with Crippen molar-refractivity contribution in [1.82, 2.24) is 0 Å². The molecular formula is C12H15BrO2. The molecule has 0 radical (unpaired) electrons. The first-order valence-electron chi connectivity index (χ1n) is 4.74. The summed E-state index contributed by atoms with van der Waals surface area (Å²) in [6.45, 7) is 5.73. The average molecular weight is 271 g/mol. The zero-order valence-electron chi connectivity index (χ0n) is 9.43. The van der Waals surface area contributed by atoms with E-state index in [1.165, 1.54) is 7.11 Å². The van der Waals surface area contributed by atoms with Crippen LogP contribution in [-0.2, 0) is 14.9 Å². The Morgan fingerprint density at radius 1 is 1.40 bits per heavy atom. The predicted octanol–water partition coefficient (Wildman–Crippen LogP) is 3.21. The highest BCUT2D eigenvalue weighted by molar-refractivity contribution is 9.10. The predicted molar refractivity (Wildman–Crippen MR) is 63.9 cm³/mol. The molecule has 15 heavy (non-hydrogen) atoms. The lowest BCUT2D eigenvalue weighted by Gasteiger charge is -2.22. The first kappa shape index (κ1) is 12.2. The molecule has 0 unspecified atom stereocenters. The molecule has 0 atom stereocenters. The minimum Gasteiger partial charge on any atom is -0.468 e. The number of hydrogen-bond acceptors (Lipinski definition) is 2. The summed E-state index contributed by atoms with van der Waals surface area (Å²) in [6, 6.07) is 5.91. The fourth-order valence-corrected chi connectivity index (χ4v) is 1.73. The number of benzene rings is 1. The quantitative estimate of drug-likeness (QED) is 0.772. The molecule has 3 heteroatoms. The van der Waals surface area contributed by atoms with Gasteiger partial charge in [-0.25, -0.2) is 0 Å². The number of halogens is 1. The summed E-state index contributed by atoms with van der Waals surface area (Å²) in [6.07, 6.45) is 0. The van der Waals surface area contributed by atoms with Crippen molar-refractivity contribution in [2.24, 2.45) is 0 Å². The van der Waals surface area contributed by atoms with Gasteiger partial charge in [-0.1, -0.05) is 28.1 Å². The molecule has 2 nitrogen and oxygen atoms in total. The maximum absolute atomic E-state index is 11.6. The van der Waals surface area contributed by atoms with Gasteiger partial charge in [-0.2, -0.15) is 0 Å². The van der Waals surface area contributed by atoms with Crippen molar-refractivity contribution in [2.45, 2.75) is 26.2 Å². The molecule has 0 amide bonds. The third-order valence-electron chi connectivity index (χ3n) is 2.59. The lowest BCUT2D eigenvalue weighted by atomic mass is 9.84. The van der Waals surface area contributed by atoms with E-state index in [2.05, 4.69) is 15.9 Å². The van der Waals surface area contributed by atoms with Crippen molar-refractivity contribution in [3.8, 4) is 0 Å². The third-order valence-corrected chi connectivity index (χ3v) is 3.44. The van der Waals surface area contributed by atoms with Crippen molar-refractivity contribution < 1.29 is 9.53 Å². The maximum atomic E-state index is 11.6. The van der Waals surface area contributed by atoms with E-state index in [1.54, 1.807) is 0 Å². The van der Waals surface area contributed by atoms with Crippen LogP contribution in [0.15, 0.2) is 22.7 Å². The zero-order valence-corrected chi connectivity index (χ0v) is 11.0. The molecule has 0 aliphatic carbocycles. The number of carbonyl (C=O) groups excluding carboxylic acids is 1. The van der Waals surface area contributed by atoms with Crippen molar-refractivity contribution in [3.05, 3.63) is 33.8 Å². The molecule has 1 rings (SSSR count). The summed E-state index contributed by atoms with van der Waals surface area (Å²) in [5.41, 5.74) is 1.50. The number of esters is 1. The molecule has 0 N–H and O–H groups in total. The van der Waals surface area contributed by atoms with Gasteiger partial charge >= 0.3 is 5.97 Å². The largest absolute Gasteiger partial charge is 0.468 e. The first-order valence-corrected chi connectivity index (χ1v) is 5.54. The zero-order chi connectivity index (χ0) is 11.6. The molecule has 0 saturated heterocycles. The molecule has 0 bridgehead atoms. The Kier molecular flexibility index (Phi) is 3.55. The van der Waals surface area contributed by atoms with Crippen LogP contribution in [0.2, 0.25) is 0 Å². The van der Waals surface area contributed by atoms with Gasteiger partial charge in [0.2, 0.25) is 0 Å². The normalized spacial score (nSPS) is 11.3. The molecule has 0 heterocycles. The van der Waals surface area contributed by atoms with Gasteiger partial charge in [0.05, 0.1) is 12.5 Å². The van der Waals surface area contributed by atoms with Crippen molar-refractivity contribution in [2.75, 3.05) is 7.11 Å². The van der Waals surface area contributed by atoms with Gasteiger partial charge in [-0.05, 0) is 38.0 Å². The molecular weight excluding hydrogens is 256 g/mol. The van der Waals surface area contributed by atoms with E-state index in [1.807, 2.05) is 39.0 Å². The minimum atomic E-state index is -0.606. The molecule has 0 fully saturated rings. The van der Waals surface area contributed by atoms with E-state index in [9.17, 15) is 4.79 Å². The Balaban J connectivity index is 3.16. The standard InChI is InChI=1S/C12H15BrO2/c1-8-5-6-9(7-10(8)13)12(2,3)11(14)15-4/h5-7H,1-4H3. The van der Waals surface area contributed by atoms with Gasteiger partial charge in [0.15, 0.2) is 0 Å². The van der Waals surface area contributed by atoms with Crippen LogP contribution >= 0.6 is 15.9 Å². The lowest BCUT2D eigenvalue weighted by molar-refractivity contribution is -0.146. The molecule has 1 aromatic rings. The van der Waals surface area contributed by atoms with Gasteiger partial charge in [-0.3, -0.25) is 4.79 Å². The second-order valence-electron chi connectivity index (χ2n) is 4.08. The topological polar surface area (TPSA) is 26.3 Å². The lowest BCUT2D eigenvalue weighted by Crippen LogP contribution is -2.30. The third kappa shape index (κ3) is 2.40. The van der Waals surface area contributed by atoms with Crippen LogP contribution in [0.3, 0.4) is 0 Å². The summed E-state index contributed by atoms with van der Waals surface area (Å²) in [5, 5.41) is 0. The van der Waals surface area contributed by atoms with Gasteiger partial charge in [0, 0.05) is 4.47 Å². The Bertz CT molecular complexity index is 383. The van der Waals surface area contributed by atoms with Crippen molar-refractivity contribution >= 4 is 21.9 Å². The van der Waals surface area contributed by atoms with Crippen LogP contribution in [-0.4, -0.2) is 13.1 Å². The molecule has 0 saturated carbocycles. The van der Waals surface area contributed by atoms with Crippen LogP contribution in [0.25, 0.3) is 0 Å². The van der Waals surface area contributed by atoms with E-state index in [4.69, 9.17) is 4.74 Å². The molecule has 82 valence electrons. The molecule has 0 aromatic heterocycles. The number of methoxy groups -OCH3 is 1. The smallest absolute Gasteiger partial charge is 0.315 e. The van der Waals surface area contributed by atoms with Crippen LogP contribution in [0.5, 0.6) is 0 Å². The van der Waals surface area contributed by atoms with E-state index in [-0.39, 0.29) is 5.97 Å². The highest BCUT2D eigenvalue weighted by Crippen LogP contribution is 2.28. The molecule has 0 aliphatic heterocycles. The first-order chi connectivity index (χ1) is 6.89. The Labute approximate surface area is 98.8 Å². The SMILES string of the molecule is COC(=O)C(C)(C)c1ccc(C)c(Br)c1. The maximum Gasteiger partial charge on any atom is 0.315 e. The Hall–Kier alpha value is -0.830. The number of aryl methyl sites for hydroxylation is 1. The Morgan fingerprint density at radius 3 is 2.47 bits per heavy atom. The number of ether oxygens (including phenoxy) is 1. The van der Waals surface area contributed by atoms with Crippen molar-refractivity contribution in [3.63, 3.8) is 0 Å². The van der Waals surface area contributed by atoms with Gasteiger partial charge in [-0.15, -0.1) is 0 Å². The van der Waals surface area contributed by atoms with Gasteiger partial charge in [0.1, 0.15) is 0 Å². The molecule has 0 aliphatic rings. The average Bonchev–Trinajstić information content (AvgIpc) is 2.20. The van der Waals surface area contributed by atoms with E-state index >= 15 is 0 Å². The van der Waals surface area contributed by atoms with Crippen molar-refractivity contribution in [1.29, 1.82) is 0 Å². The van der Waals surface area contributed by atoms with Crippen LogP contribution < -0.4 is 0 Å². The summed E-state index contributed by atoms with van der Waals surface area (Å²) >= 11 is 3.46. The minimum absolute atomic E-state index is 0.224. The van der Waals surface area contributed by atoms with Gasteiger partial charge < -0.3 is 4.74 Å². The summed E-state index contributed by atoms with van der Waals surface area (Å²) < 4.78 is 5.80. The number of rotatable bonds is 2. The molecule has 1 aromatic carbocycles. The van der Waals surface area contributed by atoms with Gasteiger partial charge in [0.25, 0.3) is 0 Å². The monoisotopic (exact) mass is 270 g/mol.